The smallest absolute Gasteiger partial charge is 0.251 e. The molecule has 0 aliphatic heterocycles. The van der Waals surface area contributed by atoms with Crippen LogP contribution in [0.15, 0.2) is 89.8 Å². The average molecular weight is 513 g/mol. The summed E-state index contributed by atoms with van der Waals surface area (Å²) in [7, 11) is 0. The van der Waals surface area contributed by atoms with Crippen molar-refractivity contribution in [3.8, 4) is 22.5 Å². The maximum absolute atomic E-state index is 13.0. The summed E-state index contributed by atoms with van der Waals surface area (Å²) in [6.45, 7) is 6.26. The van der Waals surface area contributed by atoms with E-state index in [1.807, 2.05) is 71.5 Å². The minimum Gasteiger partial charge on any atom is -0.370 e. The Labute approximate surface area is 219 Å². The fraction of sp³-hybridized carbons (Fsp3) is 0.143. The minimum atomic E-state index is -0.299. The van der Waals surface area contributed by atoms with Crippen LogP contribution < -0.4 is 16.4 Å². The first-order valence-corrected chi connectivity index (χ1v) is 12.6. The van der Waals surface area contributed by atoms with Crippen molar-refractivity contribution < 1.29 is 9.59 Å². The van der Waals surface area contributed by atoms with E-state index in [4.69, 9.17) is 5.73 Å². The third-order valence-electron chi connectivity index (χ3n) is 5.52. The average Bonchev–Trinajstić information content (AvgIpc) is 3.52. The molecule has 2 aromatic carbocycles. The number of hydrogen-bond donors (Lipinski definition) is 3. The van der Waals surface area contributed by atoms with Crippen LogP contribution >= 0.6 is 11.3 Å². The van der Waals surface area contributed by atoms with Gasteiger partial charge in [-0.1, -0.05) is 48.5 Å². The van der Waals surface area contributed by atoms with Crippen LogP contribution in [0.2, 0.25) is 0 Å². The molecule has 2 heterocycles. The Balaban J connectivity index is 1.57. The van der Waals surface area contributed by atoms with Crippen molar-refractivity contribution in [2.45, 2.75) is 20.0 Å². The van der Waals surface area contributed by atoms with E-state index >= 15 is 0 Å². The van der Waals surface area contributed by atoms with Gasteiger partial charge in [0.25, 0.3) is 5.91 Å². The van der Waals surface area contributed by atoms with E-state index in [0.29, 0.717) is 18.7 Å². The molecule has 4 rings (SSSR count). The van der Waals surface area contributed by atoms with E-state index in [2.05, 4.69) is 27.2 Å². The number of nitrogens with one attached hydrogen (secondary N) is 2. The van der Waals surface area contributed by atoms with Crippen LogP contribution in [0, 0.1) is 6.92 Å². The number of aryl methyl sites for hydroxylation is 1. The number of rotatable bonds is 9. The highest BCUT2D eigenvalue weighted by molar-refractivity contribution is 7.09. The van der Waals surface area contributed by atoms with Crippen LogP contribution in [-0.4, -0.2) is 33.9 Å². The van der Waals surface area contributed by atoms with E-state index in [1.54, 1.807) is 18.2 Å². The molecule has 0 spiro atoms. The number of thiazole rings is 1. The SMILES string of the molecule is C=CCNC(=O)c1ccc(-c2ccc(-c3ccccc3)n2CC(=O)NC(N)=NCc2nc(C)cs2)cc1. The van der Waals surface area contributed by atoms with Crippen molar-refractivity contribution in [1.82, 2.24) is 20.2 Å². The number of hydrogen-bond acceptors (Lipinski definition) is 5. The summed E-state index contributed by atoms with van der Waals surface area (Å²) in [6, 6.07) is 21.0. The number of carbonyl (C=O) groups is 2. The van der Waals surface area contributed by atoms with Crippen molar-refractivity contribution in [2.24, 2.45) is 10.7 Å². The fourth-order valence-corrected chi connectivity index (χ4v) is 4.50. The van der Waals surface area contributed by atoms with Crippen LogP contribution in [0.3, 0.4) is 0 Å². The van der Waals surface area contributed by atoms with Gasteiger partial charge in [-0.25, -0.2) is 9.98 Å². The molecule has 4 N–H and O–H groups in total. The van der Waals surface area contributed by atoms with E-state index < -0.39 is 0 Å². The van der Waals surface area contributed by atoms with E-state index in [0.717, 1.165) is 33.2 Å². The highest BCUT2D eigenvalue weighted by Crippen LogP contribution is 2.29. The topological polar surface area (TPSA) is 114 Å². The molecular weight excluding hydrogens is 484 g/mol. The van der Waals surface area contributed by atoms with Gasteiger partial charge in [0, 0.05) is 34.6 Å². The zero-order chi connectivity index (χ0) is 26.2. The maximum atomic E-state index is 13.0. The lowest BCUT2D eigenvalue weighted by Crippen LogP contribution is -2.39. The summed E-state index contributed by atoms with van der Waals surface area (Å²) in [6.07, 6.45) is 1.63. The molecule has 2 aromatic heterocycles. The number of benzene rings is 2. The van der Waals surface area contributed by atoms with Gasteiger partial charge in [0.15, 0.2) is 5.96 Å². The van der Waals surface area contributed by atoms with Crippen LogP contribution in [0.25, 0.3) is 22.5 Å². The number of amides is 2. The van der Waals surface area contributed by atoms with Crippen LogP contribution in [0.4, 0.5) is 0 Å². The standard InChI is InChI=1S/C28H28N6O2S/c1-3-15-30-27(36)22-11-9-21(10-12-22)24-14-13-23(20-7-5-4-6-8-20)34(24)17-25(35)33-28(29)31-16-26-32-19(2)18-37-26/h3-14,18H,1,15-17H2,2H3,(H,30,36)(H3,29,31,33,35). The van der Waals surface area contributed by atoms with Gasteiger partial charge in [-0.05, 0) is 42.3 Å². The summed E-state index contributed by atoms with van der Waals surface area (Å²) in [5, 5.41) is 8.22. The lowest BCUT2D eigenvalue weighted by Gasteiger charge is -2.14. The highest BCUT2D eigenvalue weighted by Gasteiger charge is 2.16. The summed E-state index contributed by atoms with van der Waals surface area (Å²) >= 11 is 1.50. The quantitative estimate of drug-likeness (QED) is 0.178. The number of guanidine groups is 1. The first kappa shape index (κ1) is 25.6. The predicted molar refractivity (Wildman–Crippen MR) is 148 cm³/mol. The molecule has 188 valence electrons. The van der Waals surface area contributed by atoms with Crippen LogP contribution in [0.1, 0.15) is 21.1 Å². The Hall–Kier alpha value is -4.50. The molecule has 9 heteroatoms. The molecule has 4 aromatic rings. The molecule has 0 saturated carbocycles. The zero-order valence-corrected chi connectivity index (χ0v) is 21.3. The molecule has 37 heavy (non-hydrogen) atoms. The van der Waals surface area contributed by atoms with Crippen molar-refractivity contribution in [3.05, 3.63) is 101 Å². The second kappa shape index (κ2) is 12.0. The Kier molecular flexibility index (Phi) is 8.27. The third-order valence-corrected chi connectivity index (χ3v) is 6.47. The number of nitrogens with zero attached hydrogens (tertiary/aromatic N) is 3. The first-order valence-electron chi connectivity index (χ1n) is 11.7. The zero-order valence-electron chi connectivity index (χ0n) is 20.5. The van der Waals surface area contributed by atoms with Crippen molar-refractivity contribution in [2.75, 3.05) is 6.54 Å². The molecule has 0 radical (unpaired) electrons. The number of carbonyl (C=O) groups excluding carboxylic acids is 2. The van der Waals surface area contributed by atoms with Gasteiger partial charge < -0.3 is 15.6 Å². The Morgan fingerprint density at radius 2 is 1.73 bits per heavy atom. The molecule has 0 fully saturated rings. The summed E-state index contributed by atoms with van der Waals surface area (Å²) in [5.41, 5.74) is 11.0. The summed E-state index contributed by atoms with van der Waals surface area (Å²) < 4.78 is 1.93. The molecular formula is C28H28N6O2S. The Morgan fingerprint density at radius 1 is 1.05 bits per heavy atom. The van der Waals surface area contributed by atoms with Crippen LogP contribution in [0.5, 0.6) is 0 Å². The van der Waals surface area contributed by atoms with E-state index in [-0.39, 0.29) is 24.3 Å². The molecule has 0 aliphatic carbocycles. The molecule has 0 saturated heterocycles. The van der Waals surface area contributed by atoms with Gasteiger partial charge in [-0.15, -0.1) is 17.9 Å². The number of aromatic nitrogens is 2. The lowest BCUT2D eigenvalue weighted by atomic mass is 10.1. The second-order valence-corrected chi connectivity index (χ2v) is 9.21. The number of aliphatic imine (C=N–C) groups is 1. The fourth-order valence-electron chi connectivity index (χ4n) is 3.80. The molecule has 8 nitrogen and oxygen atoms in total. The Bertz CT molecular complexity index is 1420. The molecule has 0 atom stereocenters. The molecule has 0 unspecified atom stereocenters. The predicted octanol–water partition coefficient (Wildman–Crippen LogP) is 4.13. The normalized spacial score (nSPS) is 11.2. The van der Waals surface area contributed by atoms with Gasteiger partial charge in [0.05, 0.1) is 6.54 Å². The van der Waals surface area contributed by atoms with Gasteiger partial charge in [-0.3, -0.25) is 14.9 Å². The van der Waals surface area contributed by atoms with Crippen molar-refractivity contribution in [3.63, 3.8) is 0 Å². The largest absolute Gasteiger partial charge is 0.370 e. The minimum absolute atomic E-state index is 0.0285. The summed E-state index contributed by atoms with van der Waals surface area (Å²) in [4.78, 5) is 33.8. The van der Waals surface area contributed by atoms with Gasteiger partial charge in [-0.2, -0.15) is 0 Å². The third kappa shape index (κ3) is 6.59. The van der Waals surface area contributed by atoms with Gasteiger partial charge in [0.1, 0.15) is 11.6 Å². The van der Waals surface area contributed by atoms with Gasteiger partial charge >= 0.3 is 0 Å². The monoisotopic (exact) mass is 512 g/mol. The van der Waals surface area contributed by atoms with E-state index in [1.165, 1.54) is 11.3 Å². The van der Waals surface area contributed by atoms with Crippen molar-refractivity contribution in [1.29, 1.82) is 0 Å². The molecule has 2 amide bonds. The van der Waals surface area contributed by atoms with Gasteiger partial charge in [0.2, 0.25) is 5.91 Å². The summed E-state index contributed by atoms with van der Waals surface area (Å²) in [5.74, 6) is -0.428. The maximum Gasteiger partial charge on any atom is 0.251 e. The second-order valence-electron chi connectivity index (χ2n) is 8.26. The molecule has 0 bridgehead atoms. The number of nitrogens with two attached hydrogens (primary N) is 1. The van der Waals surface area contributed by atoms with Crippen molar-refractivity contribution >= 4 is 29.1 Å². The highest BCUT2D eigenvalue weighted by atomic mass is 32.1. The van der Waals surface area contributed by atoms with Crippen LogP contribution in [-0.2, 0) is 17.9 Å². The Morgan fingerprint density at radius 3 is 2.35 bits per heavy atom. The molecule has 0 aliphatic rings. The first-order chi connectivity index (χ1) is 17.9. The van der Waals surface area contributed by atoms with E-state index in [9.17, 15) is 9.59 Å². The lowest BCUT2D eigenvalue weighted by molar-refractivity contribution is -0.120.